The number of ketones is 1. The second kappa shape index (κ2) is 7.59. The smallest absolute Gasteiger partial charge is 0.227 e. The van der Waals surface area contributed by atoms with Gasteiger partial charge in [0.1, 0.15) is 5.69 Å². The Morgan fingerprint density at radius 2 is 1.96 bits per heavy atom. The molecule has 3 heterocycles. The molecule has 136 valence electrons. The Kier molecular flexibility index (Phi) is 5.25. The number of hydrogen-bond donors (Lipinski definition) is 1. The monoisotopic (exact) mass is 353 g/mol. The number of likely N-dealkylation sites (tertiary alicyclic amines) is 1. The van der Waals surface area contributed by atoms with Crippen molar-refractivity contribution in [1.29, 1.82) is 0 Å². The molecular formula is C19H23N5O2. The minimum Gasteiger partial charge on any atom is -0.368 e. The van der Waals surface area contributed by atoms with E-state index in [1.165, 1.54) is 0 Å². The van der Waals surface area contributed by atoms with Gasteiger partial charge in [0, 0.05) is 42.2 Å². The summed E-state index contributed by atoms with van der Waals surface area (Å²) >= 11 is 0. The van der Waals surface area contributed by atoms with Crippen LogP contribution in [0.15, 0.2) is 24.4 Å². The Bertz CT molecular complexity index is 799. The van der Waals surface area contributed by atoms with Crippen LogP contribution in [0.25, 0.3) is 0 Å². The zero-order chi connectivity index (χ0) is 18.7. The van der Waals surface area contributed by atoms with Crippen LogP contribution in [0.4, 0.5) is 5.95 Å². The molecule has 1 aliphatic heterocycles. The molecule has 26 heavy (non-hydrogen) atoms. The molecule has 0 unspecified atom stereocenters. The molecule has 2 aromatic heterocycles. The number of pyridine rings is 1. The summed E-state index contributed by atoms with van der Waals surface area (Å²) in [5.74, 6) is 0.0111. The molecule has 0 spiro atoms. The number of Topliss-reactive ketones (excluding diaryl/α,β-unsaturated/α-hetero) is 1. The van der Waals surface area contributed by atoms with Gasteiger partial charge in [0.2, 0.25) is 11.9 Å². The molecule has 1 amide bonds. The van der Waals surface area contributed by atoms with E-state index in [1.807, 2.05) is 13.8 Å². The average molecular weight is 353 g/mol. The van der Waals surface area contributed by atoms with Crippen LogP contribution >= 0.6 is 0 Å². The van der Waals surface area contributed by atoms with Gasteiger partial charge in [-0.1, -0.05) is 6.07 Å². The van der Waals surface area contributed by atoms with Gasteiger partial charge in [0.25, 0.3) is 0 Å². The Morgan fingerprint density at radius 3 is 2.62 bits per heavy atom. The summed E-state index contributed by atoms with van der Waals surface area (Å²) in [4.78, 5) is 39.6. The van der Waals surface area contributed by atoms with Crippen molar-refractivity contribution >= 4 is 17.6 Å². The summed E-state index contributed by atoms with van der Waals surface area (Å²) in [6.45, 7) is 4.76. The summed E-state index contributed by atoms with van der Waals surface area (Å²) in [7, 11) is 0. The Hall–Kier alpha value is -2.83. The summed E-state index contributed by atoms with van der Waals surface area (Å²) in [5.41, 5.74) is 8.37. The Morgan fingerprint density at radius 1 is 1.23 bits per heavy atom. The van der Waals surface area contributed by atoms with Gasteiger partial charge in [-0.15, -0.1) is 0 Å². The number of carbonyl (C=O) groups excluding carboxylic acids is 2. The first kappa shape index (κ1) is 18.0. The number of carbonyl (C=O) groups is 2. The van der Waals surface area contributed by atoms with E-state index in [0.29, 0.717) is 18.8 Å². The number of aromatic nitrogens is 3. The van der Waals surface area contributed by atoms with Crippen LogP contribution in [0.5, 0.6) is 0 Å². The summed E-state index contributed by atoms with van der Waals surface area (Å²) < 4.78 is 0. The summed E-state index contributed by atoms with van der Waals surface area (Å²) in [6, 6.07) is 5.31. The van der Waals surface area contributed by atoms with Crippen LogP contribution in [0.1, 0.15) is 40.3 Å². The van der Waals surface area contributed by atoms with Crippen molar-refractivity contribution in [3.63, 3.8) is 0 Å². The maximum absolute atomic E-state index is 12.8. The number of nitrogens with two attached hydrogens (primary N) is 1. The minimum absolute atomic E-state index is 0.00581. The molecule has 0 radical (unpaired) electrons. The molecule has 0 aliphatic carbocycles. The summed E-state index contributed by atoms with van der Waals surface area (Å²) in [6.07, 6.45) is 3.43. The molecule has 1 saturated heterocycles. The van der Waals surface area contributed by atoms with Crippen molar-refractivity contribution in [2.24, 2.45) is 5.92 Å². The highest BCUT2D eigenvalue weighted by Gasteiger charge is 2.30. The third-order valence-electron chi connectivity index (χ3n) is 4.83. The highest BCUT2D eigenvalue weighted by molar-refractivity contribution is 5.96. The van der Waals surface area contributed by atoms with Crippen molar-refractivity contribution in [2.75, 3.05) is 18.8 Å². The number of rotatable bonds is 4. The zero-order valence-electron chi connectivity index (χ0n) is 15.1. The number of nitrogens with zero attached hydrogens (tertiary/aromatic N) is 4. The van der Waals surface area contributed by atoms with Crippen LogP contribution in [0.3, 0.4) is 0 Å². The first-order valence-electron chi connectivity index (χ1n) is 8.78. The topological polar surface area (TPSA) is 102 Å². The van der Waals surface area contributed by atoms with E-state index in [-0.39, 0.29) is 30.0 Å². The molecule has 1 fully saturated rings. The lowest BCUT2D eigenvalue weighted by Gasteiger charge is -2.32. The van der Waals surface area contributed by atoms with Crippen molar-refractivity contribution in [1.82, 2.24) is 19.9 Å². The predicted molar refractivity (Wildman–Crippen MR) is 97.5 cm³/mol. The van der Waals surface area contributed by atoms with Crippen LogP contribution < -0.4 is 5.73 Å². The molecule has 0 aromatic carbocycles. The van der Waals surface area contributed by atoms with E-state index >= 15 is 0 Å². The Labute approximate surface area is 152 Å². The van der Waals surface area contributed by atoms with E-state index in [9.17, 15) is 9.59 Å². The minimum atomic E-state index is -0.201. The lowest BCUT2D eigenvalue weighted by atomic mass is 9.91. The maximum Gasteiger partial charge on any atom is 0.227 e. The van der Waals surface area contributed by atoms with Gasteiger partial charge in [0.05, 0.1) is 6.42 Å². The van der Waals surface area contributed by atoms with Crippen LogP contribution in [0, 0.1) is 19.8 Å². The molecular weight excluding hydrogens is 330 g/mol. The lowest BCUT2D eigenvalue weighted by Crippen LogP contribution is -2.43. The van der Waals surface area contributed by atoms with Gasteiger partial charge >= 0.3 is 0 Å². The number of piperidine rings is 1. The highest BCUT2D eigenvalue weighted by Crippen LogP contribution is 2.22. The molecule has 0 saturated carbocycles. The SMILES string of the molecule is Cc1nc(N)nc(C)c1CC(=O)N1CCC[C@@H](C(=O)c2ccccn2)C1. The standard InChI is InChI=1S/C19H23N5O2/c1-12-15(13(2)23-19(20)22-12)10-17(25)24-9-5-6-14(11-24)18(26)16-7-3-4-8-21-16/h3-4,7-8,14H,5-6,9-11H2,1-2H3,(H2,20,22,23)/t14-/m1/s1. The molecule has 7 nitrogen and oxygen atoms in total. The number of amides is 1. The van der Waals surface area contributed by atoms with E-state index in [2.05, 4.69) is 15.0 Å². The third kappa shape index (κ3) is 3.87. The largest absolute Gasteiger partial charge is 0.368 e. The van der Waals surface area contributed by atoms with Crippen molar-refractivity contribution < 1.29 is 9.59 Å². The van der Waals surface area contributed by atoms with E-state index in [1.54, 1.807) is 29.3 Å². The highest BCUT2D eigenvalue weighted by atomic mass is 16.2. The zero-order valence-corrected chi connectivity index (χ0v) is 15.1. The molecule has 1 aliphatic rings. The van der Waals surface area contributed by atoms with Gasteiger partial charge in [-0.05, 0) is 38.8 Å². The van der Waals surface area contributed by atoms with Gasteiger partial charge < -0.3 is 10.6 Å². The van der Waals surface area contributed by atoms with Gasteiger partial charge in [-0.2, -0.15) is 0 Å². The van der Waals surface area contributed by atoms with Crippen molar-refractivity contribution in [2.45, 2.75) is 33.1 Å². The number of aryl methyl sites for hydroxylation is 2. The van der Waals surface area contributed by atoms with Gasteiger partial charge in [-0.3, -0.25) is 14.6 Å². The van der Waals surface area contributed by atoms with E-state index < -0.39 is 0 Å². The molecule has 1 atom stereocenters. The Balaban J connectivity index is 1.70. The van der Waals surface area contributed by atoms with Gasteiger partial charge in [0.15, 0.2) is 5.78 Å². The number of anilines is 1. The summed E-state index contributed by atoms with van der Waals surface area (Å²) in [5, 5.41) is 0. The first-order chi connectivity index (χ1) is 12.5. The maximum atomic E-state index is 12.8. The predicted octanol–water partition coefficient (Wildman–Crippen LogP) is 1.73. The van der Waals surface area contributed by atoms with Crippen molar-refractivity contribution in [3.05, 3.63) is 47.0 Å². The van der Waals surface area contributed by atoms with Crippen molar-refractivity contribution in [3.8, 4) is 0 Å². The van der Waals surface area contributed by atoms with Crippen LogP contribution in [-0.2, 0) is 11.2 Å². The normalized spacial score (nSPS) is 17.2. The number of nitrogen functional groups attached to an aromatic ring is 1. The lowest BCUT2D eigenvalue weighted by molar-refractivity contribution is -0.131. The fourth-order valence-electron chi connectivity index (χ4n) is 3.42. The number of hydrogen-bond acceptors (Lipinski definition) is 6. The molecule has 7 heteroatoms. The molecule has 0 bridgehead atoms. The van der Waals surface area contributed by atoms with Crippen LogP contribution in [-0.4, -0.2) is 44.6 Å². The first-order valence-corrected chi connectivity index (χ1v) is 8.78. The molecule has 2 N–H and O–H groups in total. The quantitative estimate of drug-likeness (QED) is 0.840. The molecule has 3 rings (SSSR count). The second-order valence-corrected chi connectivity index (χ2v) is 6.67. The van der Waals surface area contributed by atoms with Crippen LogP contribution in [0.2, 0.25) is 0 Å². The third-order valence-corrected chi connectivity index (χ3v) is 4.83. The second-order valence-electron chi connectivity index (χ2n) is 6.67. The fraction of sp³-hybridized carbons (Fsp3) is 0.421. The molecule has 2 aromatic rings. The van der Waals surface area contributed by atoms with Gasteiger partial charge in [-0.25, -0.2) is 9.97 Å². The average Bonchev–Trinajstić information content (AvgIpc) is 2.64. The van der Waals surface area contributed by atoms with E-state index in [4.69, 9.17) is 5.73 Å². The van der Waals surface area contributed by atoms with E-state index in [0.717, 1.165) is 29.8 Å². The fourth-order valence-corrected chi connectivity index (χ4v) is 3.42.